The first-order valence-corrected chi connectivity index (χ1v) is 18.3. The molecular weight excluding hydrogens is 574 g/mol. The van der Waals surface area contributed by atoms with Gasteiger partial charge in [0.2, 0.25) is 0 Å². The van der Waals surface area contributed by atoms with Gasteiger partial charge in [0.05, 0.1) is 25.4 Å². The van der Waals surface area contributed by atoms with Crippen molar-refractivity contribution in [3.63, 3.8) is 0 Å². The number of piperazine rings is 1. The first kappa shape index (κ1) is 34.7. The predicted octanol–water partition coefficient (Wildman–Crippen LogP) is 6.80. The largest absolute Gasteiger partial charge is 0.491 e. The molecule has 2 atom stereocenters. The molecule has 0 aromatic heterocycles. The minimum Gasteiger partial charge on any atom is -0.491 e. The molecule has 5 rings (SSSR count). The molecule has 0 amide bonds. The Hall–Kier alpha value is -2.61. The lowest BCUT2D eigenvalue weighted by Crippen LogP contribution is -2.51. The second-order valence-electron chi connectivity index (χ2n) is 14.0. The standard InChI is InChI=1S/C39H59N3O4/c1-5-44-37-17-16-32(28-38(37)45-6-2)39(19-21-41-22-24-42(25-23-41)33-13-8-7-9-14-33)18-11-20-40-35(29-39)36(43)27-31-12-10-15-34(26-31)46-30(3)4/h10,12,15-17,26,28,30,33,35,40H,5-9,11,13-14,18-25,27,29H2,1-4H3. The van der Waals surface area contributed by atoms with Gasteiger partial charge in [-0.05, 0) is 120 Å². The maximum Gasteiger partial charge on any atom is 0.161 e. The molecule has 2 aromatic carbocycles. The van der Waals surface area contributed by atoms with Crippen LogP contribution in [0, 0.1) is 0 Å². The molecule has 0 bridgehead atoms. The summed E-state index contributed by atoms with van der Waals surface area (Å²) in [6, 6.07) is 15.2. The third kappa shape index (κ3) is 9.26. The Balaban J connectivity index is 1.35. The third-order valence-corrected chi connectivity index (χ3v) is 10.4. The van der Waals surface area contributed by atoms with Gasteiger partial charge >= 0.3 is 0 Å². The number of nitrogens with one attached hydrogen (secondary N) is 1. The zero-order valence-corrected chi connectivity index (χ0v) is 29.0. The van der Waals surface area contributed by atoms with E-state index in [0.717, 1.165) is 80.7 Å². The zero-order valence-electron chi connectivity index (χ0n) is 29.0. The van der Waals surface area contributed by atoms with Crippen LogP contribution in [-0.4, -0.2) is 86.3 Å². The van der Waals surface area contributed by atoms with E-state index in [-0.39, 0.29) is 23.3 Å². The first-order valence-electron chi connectivity index (χ1n) is 18.3. The molecule has 1 saturated carbocycles. The topological polar surface area (TPSA) is 63.3 Å². The van der Waals surface area contributed by atoms with E-state index in [1.54, 1.807) is 0 Å². The highest BCUT2D eigenvalue weighted by atomic mass is 16.5. The summed E-state index contributed by atoms with van der Waals surface area (Å²) in [6.45, 7) is 15.8. The lowest BCUT2D eigenvalue weighted by atomic mass is 9.69. The maximum absolute atomic E-state index is 14.0. The molecule has 2 heterocycles. The molecule has 2 aromatic rings. The molecule has 0 spiro atoms. The number of hydrogen-bond acceptors (Lipinski definition) is 7. The highest BCUT2D eigenvalue weighted by molar-refractivity contribution is 5.86. The van der Waals surface area contributed by atoms with Crippen molar-refractivity contribution in [2.75, 3.05) is 52.5 Å². The molecule has 7 nitrogen and oxygen atoms in total. The molecule has 0 radical (unpaired) electrons. The number of nitrogens with zero attached hydrogens (tertiary/aromatic N) is 2. The van der Waals surface area contributed by atoms with Crippen LogP contribution in [0.25, 0.3) is 0 Å². The average molecular weight is 634 g/mol. The quantitative estimate of drug-likeness (QED) is 0.246. The molecule has 2 unspecified atom stereocenters. The van der Waals surface area contributed by atoms with Crippen molar-refractivity contribution in [2.24, 2.45) is 0 Å². The van der Waals surface area contributed by atoms with Crippen molar-refractivity contribution in [1.29, 1.82) is 0 Å². The van der Waals surface area contributed by atoms with Crippen molar-refractivity contribution in [3.8, 4) is 17.2 Å². The number of carbonyl (C=O) groups is 1. The molecule has 1 aliphatic carbocycles. The van der Waals surface area contributed by atoms with Crippen molar-refractivity contribution >= 4 is 5.78 Å². The number of ether oxygens (including phenoxy) is 3. The molecule has 7 heteroatoms. The average Bonchev–Trinajstić information content (AvgIpc) is 3.29. The lowest BCUT2D eigenvalue weighted by Gasteiger charge is -2.42. The summed E-state index contributed by atoms with van der Waals surface area (Å²) in [4.78, 5) is 19.4. The summed E-state index contributed by atoms with van der Waals surface area (Å²) in [5, 5.41) is 3.67. The fraction of sp³-hybridized carbons (Fsp3) is 0.667. The minimum absolute atomic E-state index is 0.0982. The smallest absolute Gasteiger partial charge is 0.161 e. The second-order valence-corrected chi connectivity index (χ2v) is 14.0. The molecule has 2 aliphatic heterocycles. The van der Waals surface area contributed by atoms with Crippen LogP contribution < -0.4 is 19.5 Å². The van der Waals surface area contributed by atoms with Crippen LogP contribution in [0.3, 0.4) is 0 Å². The minimum atomic E-state index is -0.206. The Labute approximate surface area is 278 Å². The van der Waals surface area contributed by atoms with Crippen LogP contribution in [-0.2, 0) is 16.6 Å². The summed E-state index contributed by atoms with van der Waals surface area (Å²) in [5.41, 5.74) is 2.15. The first-order chi connectivity index (χ1) is 22.4. The van der Waals surface area contributed by atoms with E-state index < -0.39 is 0 Å². The fourth-order valence-electron chi connectivity index (χ4n) is 8.01. The third-order valence-electron chi connectivity index (χ3n) is 10.4. The Morgan fingerprint density at radius 1 is 0.935 bits per heavy atom. The molecule has 46 heavy (non-hydrogen) atoms. The van der Waals surface area contributed by atoms with Crippen molar-refractivity contribution in [1.82, 2.24) is 15.1 Å². The summed E-state index contributed by atoms with van der Waals surface area (Å²) >= 11 is 0. The van der Waals surface area contributed by atoms with Gasteiger partial charge in [0, 0.05) is 38.6 Å². The second kappa shape index (κ2) is 17.0. The Morgan fingerprint density at radius 3 is 2.43 bits per heavy atom. The van der Waals surface area contributed by atoms with Gasteiger partial charge in [-0.2, -0.15) is 0 Å². The summed E-state index contributed by atoms with van der Waals surface area (Å²) in [7, 11) is 0. The summed E-state index contributed by atoms with van der Waals surface area (Å²) < 4.78 is 18.0. The maximum atomic E-state index is 14.0. The van der Waals surface area contributed by atoms with Gasteiger partial charge < -0.3 is 24.4 Å². The molecule has 3 aliphatic rings. The molecule has 1 N–H and O–H groups in total. The summed E-state index contributed by atoms with van der Waals surface area (Å²) in [5.74, 6) is 2.68. The monoisotopic (exact) mass is 633 g/mol. The predicted molar refractivity (Wildman–Crippen MR) is 187 cm³/mol. The van der Waals surface area contributed by atoms with Gasteiger partial charge in [-0.1, -0.05) is 37.5 Å². The number of rotatable bonds is 14. The lowest BCUT2D eigenvalue weighted by molar-refractivity contribution is -0.120. The van der Waals surface area contributed by atoms with E-state index in [1.807, 2.05) is 52.0 Å². The van der Waals surface area contributed by atoms with Crippen molar-refractivity contribution in [2.45, 2.75) is 116 Å². The van der Waals surface area contributed by atoms with Gasteiger partial charge in [-0.15, -0.1) is 0 Å². The number of Topliss-reactive ketones (excluding diaryl/α,β-unsaturated/α-hetero) is 1. The zero-order chi connectivity index (χ0) is 32.4. The van der Waals surface area contributed by atoms with Gasteiger partial charge in [-0.25, -0.2) is 0 Å². The normalized spacial score (nSPS) is 23.6. The van der Waals surface area contributed by atoms with Crippen LogP contribution in [0.2, 0.25) is 0 Å². The highest BCUT2D eigenvalue weighted by Gasteiger charge is 2.39. The van der Waals surface area contributed by atoms with E-state index in [2.05, 4.69) is 33.3 Å². The molecule has 254 valence electrons. The van der Waals surface area contributed by atoms with Gasteiger partial charge in [-0.3, -0.25) is 9.69 Å². The Bertz CT molecular complexity index is 1240. The van der Waals surface area contributed by atoms with Crippen LogP contribution in [0.5, 0.6) is 17.2 Å². The van der Waals surface area contributed by atoms with Crippen LogP contribution in [0.1, 0.15) is 96.6 Å². The molecule has 3 fully saturated rings. The summed E-state index contributed by atoms with van der Waals surface area (Å²) in [6.07, 6.45) is 11.3. The van der Waals surface area contributed by atoms with Crippen molar-refractivity contribution < 1.29 is 19.0 Å². The Morgan fingerprint density at radius 2 is 1.70 bits per heavy atom. The van der Waals surface area contributed by atoms with E-state index in [4.69, 9.17) is 14.2 Å². The van der Waals surface area contributed by atoms with Gasteiger partial charge in [0.1, 0.15) is 5.75 Å². The van der Waals surface area contributed by atoms with E-state index in [1.165, 1.54) is 50.8 Å². The molecule has 2 saturated heterocycles. The number of ketones is 1. The highest BCUT2D eigenvalue weighted by Crippen LogP contribution is 2.43. The van der Waals surface area contributed by atoms with Crippen LogP contribution in [0.15, 0.2) is 42.5 Å². The van der Waals surface area contributed by atoms with E-state index >= 15 is 0 Å². The van der Waals surface area contributed by atoms with E-state index in [0.29, 0.717) is 19.6 Å². The molecular formula is C39H59N3O4. The van der Waals surface area contributed by atoms with Gasteiger partial charge in [0.25, 0.3) is 0 Å². The number of hydrogen-bond donors (Lipinski definition) is 1. The fourth-order valence-corrected chi connectivity index (χ4v) is 8.01. The van der Waals surface area contributed by atoms with Crippen molar-refractivity contribution in [3.05, 3.63) is 53.6 Å². The van der Waals surface area contributed by atoms with Crippen LogP contribution in [0.4, 0.5) is 0 Å². The number of benzene rings is 2. The van der Waals surface area contributed by atoms with E-state index in [9.17, 15) is 4.79 Å². The van der Waals surface area contributed by atoms with Crippen LogP contribution >= 0.6 is 0 Å². The number of carbonyl (C=O) groups excluding carboxylic acids is 1. The van der Waals surface area contributed by atoms with Gasteiger partial charge in [0.15, 0.2) is 17.3 Å². The Kier molecular flexibility index (Phi) is 12.8. The SMILES string of the molecule is CCOc1ccc(C2(CCN3CCN(C4CCCCC4)CC3)CCCNC(C(=O)Cc3cccc(OC(C)C)c3)C2)cc1OCC.